The minimum atomic E-state index is -1.47. The average Bonchev–Trinajstić information content (AvgIpc) is 2.83. The minimum Gasteiger partial charge on any atom is -0.314 e. The van der Waals surface area contributed by atoms with Gasteiger partial charge in [0.05, 0.1) is 0 Å². The molecule has 1 aromatic heterocycles. The van der Waals surface area contributed by atoms with E-state index in [-0.39, 0.29) is 5.56 Å². The van der Waals surface area contributed by atoms with Crippen LogP contribution in [0.5, 0.6) is 0 Å². The van der Waals surface area contributed by atoms with Crippen LogP contribution in [0.25, 0.3) is 10.6 Å². The second-order valence-electron chi connectivity index (χ2n) is 4.61. The van der Waals surface area contributed by atoms with Crippen LogP contribution in [0.2, 0.25) is 0 Å². The molecule has 0 amide bonds. The van der Waals surface area contributed by atoms with Gasteiger partial charge in [-0.15, -0.1) is 10.2 Å². The van der Waals surface area contributed by atoms with Crippen LogP contribution >= 0.6 is 11.3 Å². The molecule has 0 aliphatic rings. The Bertz CT molecular complexity index is 575. The maximum absolute atomic E-state index is 13.2. The maximum atomic E-state index is 13.2. The Morgan fingerprint density at radius 2 is 1.80 bits per heavy atom. The number of nitrogens with zero attached hydrogens (tertiary/aromatic N) is 2. The van der Waals surface area contributed by atoms with Crippen molar-refractivity contribution >= 4 is 11.3 Å². The molecule has 7 heteroatoms. The number of aromatic nitrogens is 2. The molecule has 1 heterocycles. The molecule has 0 fully saturated rings. The third-order valence-corrected chi connectivity index (χ3v) is 3.62. The van der Waals surface area contributed by atoms with Crippen molar-refractivity contribution in [2.45, 2.75) is 26.3 Å². The minimum absolute atomic E-state index is 0.196. The Kier molecular flexibility index (Phi) is 4.72. The Balaban J connectivity index is 2.12. The van der Waals surface area contributed by atoms with Crippen molar-refractivity contribution in [1.82, 2.24) is 15.5 Å². The SMILES string of the molecule is CC(C)NCCc1nnc(-c2cc(F)c(F)c(F)c2)s1. The molecule has 0 radical (unpaired) electrons. The lowest BCUT2D eigenvalue weighted by Crippen LogP contribution is -2.24. The highest BCUT2D eigenvalue weighted by Crippen LogP contribution is 2.26. The molecule has 1 N–H and O–H groups in total. The lowest BCUT2D eigenvalue weighted by Gasteiger charge is -2.05. The second kappa shape index (κ2) is 6.32. The molecule has 0 aliphatic carbocycles. The smallest absolute Gasteiger partial charge is 0.194 e. The molecule has 0 bridgehead atoms. The Morgan fingerprint density at radius 1 is 1.15 bits per heavy atom. The fraction of sp³-hybridized carbons (Fsp3) is 0.385. The summed E-state index contributed by atoms with van der Waals surface area (Å²) in [5, 5.41) is 12.2. The second-order valence-corrected chi connectivity index (χ2v) is 5.68. The number of hydrogen-bond donors (Lipinski definition) is 1. The highest BCUT2D eigenvalue weighted by atomic mass is 32.1. The summed E-state index contributed by atoms with van der Waals surface area (Å²) in [6.45, 7) is 4.82. The lowest BCUT2D eigenvalue weighted by atomic mass is 10.2. The third-order valence-electron chi connectivity index (χ3n) is 2.59. The summed E-state index contributed by atoms with van der Waals surface area (Å²) in [7, 11) is 0. The van der Waals surface area contributed by atoms with E-state index in [0.29, 0.717) is 17.5 Å². The van der Waals surface area contributed by atoms with Gasteiger partial charge in [-0.1, -0.05) is 25.2 Å². The molecule has 0 aliphatic heterocycles. The fourth-order valence-electron chi connectivity index (χ4n) is 1.62. The number of rotatable bonds is 5. The number of nitrogens with one attached hydrogen (secondary N) is 1. The van der Waals surface area contributed by atoms with E-state index in [2.05, 4.69) is 15.5 Å². The van der Waals surface area contributed by atoms with Crippen molar-refractivity contribution in [2.75, 3.05) is 6.54 Å². The Labute approximate surface area is 118 Å². The first-order valence-electron chi connectivity index (χ1n) is 6.18. The van der Waals surface area contributed by atoms with E-state index >= 15 is 0 Å². The van der Waals surface area contributed by atoms with Crippen LogP contribution in [-0.2, 0) is 6.42 Å². The van der Waals surface area contributed by atoms with E-state index in [1.165, 1.54) is 11.3 Å². The molecule has 0 saturated carbocycles. The quantitative estimate of drug-likeness (QED) is 0.862. The molecule has 3 nitrogen and oxygen atoms in total. The van der Waals surface area contributed by atoms with Gasteiger partial charge in [-0.25, -0.2) is 13.2 Å². The Hall–Kier alpha value is -1.47. The first-order chi connectivity index (χ1) is 9.47. The molecule has 2 rings (SSSR count). The standard InChI is InChI=1S/C13H14F3N3S/c1-7(2)17-4-3-11-18-19-13(20-11)8-5-9(14)12(16)10(15)6-8/h5-7,17H,3-4H2,1-2H3. The monoisotopic (exact) mass is 301 g/mol. The number of halogens is 3. The molecule has 0 atom stereocenters. The van der Waals surface area contributed by atoms with Gasteiger partial charge in [-0.2, -0.15) is 0 Å². The van der Waals surface area contributed by atoms with Crippen LogP contribution in [0.3, 0.4) is 0 Å². The lowest BCUT2D eigenvalue weighted by molar-refractivity contribution is 0.447. The van der Waals surface area contributed by atoms with Crippen molar-refractivity contribution in [1.29, 1.82) is 0 Å². The number of benzene rings is 1. The summed E-state index contributed by atoms with van der Waals surface area (Å²) in [5.74, 6) is -3.92. The normalized spacial score (nSPS) is 11.3. The molecule has 1 aromatic carbocycles. The molecule has 0 spiro atoms. The molecule has 20 heavy (non-hydrogen) atoms. The summed E-state index contributed by atoms with van der Waals surface area (Å²) in [4.78, 5) is 0. The molecule has 0 saturated heterocycles. The van der Waals surface area contributed by atoms with Crippen molar-refractivity contribution in [3.63, 3.8) is 0 Å². The van der Waals surface area contributed by atoms with E-state index in [1.807, 2.05) is 13.8 Å². The summed E-state index contributed by atoms with van der Waals surface area (Å²) in [6, 6.07) is 2.23. The first kappa shape index (κ1) is 14.9. The van der Waals surface area contributed by atoms with Gasteiger partial charge in [0.15, 0.2) is 17.5 Å². The Morgan fingerprint density at radius 3 is 2.40 bits per heavy atom. The molecular formula is C13H14F3N3S. The van der Waals surface area contributed by atoms with E-state index in [1.54, 1.807) is 0 Å². The van der Waals surface area contributed by atoms with Gasteiger partial charge in [-0.05, 0) is 12.1 Å². The average molecular weight is 301 g/mol. The van der Waals surface area contributed by atoms with Gasteiger partial charge in [-0.3, -0.25) is 0 Å². The zero-order valence-corrected chi connectivity index (χ0v) is 11.9. The van der Waals surface area contributed by atoms with Crippen molar-refractivity contribution in [2.24, 2.45) is 0 Å². The van der Waals surface area contributed by atoms with E-state index in [4.69, 9.17) is 0 Å². The van der Waals surface area contributed by atoms with E-state index < -0.39 is 17.5 Å². The van der Waals surface area contributed by atoms with Crippen LogP contribution < -0.4 is 5.32 Å². The maximum Gasteiger partial charge on any atom is 0.194 e. The van der Waals surface area contributed by atoms with Crippen LogP contribution in [0.1, 0.15) is 18.9 Å². The highest BCUT2D eigenvalue weighted by molar-refractivity contribution is 7.14. The number of hydrogen-bond acceptors (Lipinski definition) is 4. The zero-order valence-electron chi connectivity index (χ0n) is 11.1. The van der Waals surface area contributed by atoms with E-state index in [0.717, 1.165) is 23.7 Å². The third kappa shape index (κ3) is 3.55. The van der Waals surface area contributed by atoms with Crippen molar-refractivity contribution < 1.29 is 13.2 Å². The summed E-state index contributed by atoms with van der Waals surface area (Å²) in [6.07, 6.45) is 0.683. The predicted molar refractivity (Wildman–Crippen MR) is 72.1 cm³/mol. The van der Waals surface area contributed by atoms with E-state index in [9.17, 15) is 13.2 Å². The zero-order chi connectivity index (χ0) is 14.7. The van der Waals surface area contributed by atoms with Crippen LogP contribution in [0.4, 0.5) is 13.2 Å². The molecule has 0 unspecified atom stereocenters. The first-order valence-corrected chi connectivity index (χ1v) is 6.99. The fourth-order valence-corrected chi connectivity index (χ4v) is 2.44. The summed E-state index contributed by atoms with van der Waals surface area (Å²) < 4.78 is 39.2. The summed E-state index contributed by atoms with van der Waals surface area (Å²) >= 11 is 1.24. The van der Waals surface area contributed by atoms with Crippen LogP contribution in [0, 0.1) is 17.5 Å². The predicted octanol–water partition coefficient (Wildman–Crippen LogP) is 3.16. The van der Waals surface area contributed by atoms with Gasteiger partial charge in [0.25, 0.3) is 0 Å². The van der Waals surface area contributed by atoms with Gasteiger partial charge in [0.2, 0.25) is 0 Å². The van der Waals surface area contributed by atoms with Crippen LogP contribution in [0.15, 0.2) is 12.1 Å². The molecular weight excluding hydrogens is 287 g/mol. The molecule has 2 aromatic rings. The highest BCUT2D eigenvalue weighted by Gasteiger charge is 2.14. The van der Waals surface area contributed by atoms with Gasteiger partial charge < -0.3 is 5.32 Å². The molecule has 108 valence electrons. The van der Waals surface area contributed by atoms with Crippen LogP contribution in [-0.4, -0.2) is 22.8 Å². The topological polar surface area (TPSA) is 37.8 Å². The van der Waals surface area contributed by atoms with Gasteiger partial charge >= 0.3 is 0 Å². The largest absolute Gasteiger partial charge is 0.314 e. The summed E-state index contributed by atoms with van der Waals surface area (Å²) in [5.41, 5.74) is 0.196. The van der Waals surface area contributed by atoms with Gasteiger partial charge in [0, 0.05) is 24.6 Å². The van der Waals surface area contributed by atoms with Crippen molar-refractivity contribution in [3.8, 4) is 10.6 Å². The van der Waals surface area contributed by atoms with Crippen molar-refractivity contribution in [3.05, 3.63) is 34.6 Å². The van der Waals surface area contributed by atoms with Gasteiger partial charge in [0.1, 0.15) is 10.0 Å².